The average molecular weight is 461 g/mol. The molecule has 0 N–H and O–H groups in total. The molecule has 0 aliphatic carbocycles. The van der Waals surface area contributed by atoms with E-state index < -0.39 is 0 Å². The molecule has 7 heteroatoms. The fourth-order valence-corrected chi connectivity index (χ4v) is 5.47. The molecular formula is C24H32N2O3S2. The van der Waals surface area contributed by atoms with Gasteiger partial charge in [-0.3, -0.25) is 14.5 Å². The van der Waals surface area contributed by atoms with Crippen LogP contribution in [-0.4, -0.2) is 52.2 Å². The summed E-state index contributed by atoms with van der Waals surface area (Å²) in [6, 6.07) is 8.02. The molecule has 0 spiro atoms. The second kappa shape index (κ2) is 11.7. The summed E-state index contributed by atoms with van der Waals surface area (Å²) in [6.07, 6.45) is 9.66. The Morgan fingerprint density at radius 3 is 2.71 bits per heavy atom. The summed E-state index contributed by atoms with van der Waals surface area (Å²) < 4.78 is 5.78. The second-order valence-corrected chi connectivity index (χ2v) is 9.74. The number of benzene rings is 1. The van der Waals surface area contributed by atoms with Crippen LogP contribution < -0.4 is 4.74 Å². The smallest absolute Gasteiger partial charge is 0.266 e. The Kier molecular flexibility index (Phi) is 8.96. The Morgan fingerprint density at radius 2 is 2.00 bits per heavy atom. The van der Waals surface area contributed by atoms with Gasteiger partial charge in [-0.2, -0.15) is 0 Å². The van der Waals surface area contributed by atoms with Crippen LogP contribution in [0.1, 0.15) is 63.9 Å². The molecule has 2 saturated heterocycles. The number of carbonyl (C=O) groups excluding carboxylic acids is 2. The van der Waals surface area contributed by atoms with Gasteiger partial charge in [-0.05, 0) is 62.3 Å². The van der Waals surface area contributed by atoms with E-state index in [4.69, 9.17) is 17.0 Å². The standard InChI is InChI=1S/C24H32N2O3S2/c1-3-19-9-6-8-15-25(19)22(27)10-5-4-7-16-26-23(28)21(31-24(26)30)17-18-11-13-20(29-2)14-12-18/h11-14,17,19H,3-10,15-16H2,1-2H3/b21-17-. The van der Waals surface area contributed by atoms with Gasteiger partial charge in [-0.15, -0.1) is 0 Å². The number of thiocarbonyl (C=S) groups is 1. The molecule has 0 bridgehead atoms. The van der Waals surface area contributed by atoms with Gasteiger partial charge < -0.3 is 9.64 Å². The highest BCUT2D eigenvalue weighted by molar-refractivity contribution is 8.26. The predicted octanol–water partition coefficient (Wildman–Crippen LogP) is 5.25. The lowest BCUT2D eigenvalue weighted by Crippen LogP contribution is -2.43. The van der Waals surface area contributed by atoms with Crippen molar-refractivity contribution in [1.29, 1.82) is 0 Å². The van der Waals surface area contributed by atoms with E-state index in [1.165, 1.54) is 18.2 Å². The van der Waals surface area contributed by atoms with Gasteiger partial charge in [-0.25, -0.2) is 0 Å². The Balaban J connectivity index is 1.43. The van der Waals surface area contributed by atoms with Crippen LogP contribution in [0.3, 0.4) is 0 Å². The summed E-state index contributed by atoms with van der Waals surface area (Å²) in [4.78, 5) is 29.8. The van der Waals surface area contributed by atoms with E-state index in [1.807, 2.05) is 30.3 Å². The van der Waals surface area contributed by atoms with E-state index in [2.05, 4.69) is 11.8 Å². The Hall–Kier alpha value is -1.86. The molecule has 0 aromatic heterocycles. The molecule has 2 aliphatic heterocycles. The minimum absolute atomic E-state index is 0.0269. The maximum Gasteiger partial charge on any atom is 0.266 e. The number of hydrogen-bond acceptors (Lipinski definition) is 5. The van der Waals surface area contributed by atoms with Gasteiger partial charge in [0.2, 0.25) is 5.91 Å². The van der Waals surface area contributed by atoms with Crippen molar-refractivity contribution in [2.24, 2.45) is 0 Å². The molecule has 2 fully saturated rings. The van der Waals surface area contributed by atoms with Crippen molar-refractivity contribution in [3.05, 3.63) is 34.7 Å². The summed E-state index contributed by atoms with van der Waals surface area (Å²) in [5, 5.41) is 0. The Bertz CT molecular complexity index is 823. The number of hydrogen-bond donors (Lipinski definition) is 0. The summed E-state index contributed by atoms with van der Waals surface area (Å²) >= 11 is 6.78. The highest BCUT2D eigenvalue weighted by Crippen LogP contribution is 2.33. The molecule has 2 heterocycles. The van der Waals surface area contributed by atoms with Crippen molar-refractivity contribution in [2.75, 3.05) is 20.2 Å². The Morgan fingerprint density at radius 1 is 1.23 bits per heavy atom. The normalized spacial score (nSPS) is 20.6. The van der Waals surface area contributed by atoms with Gasteiger partial charge in [0.25, 0.3) is 5.91 Å². The molecule has 0 saturated carbocycles. The lowest BCUT2D eigenvalue weighted by Gasteiger charge is -2.35. The van der Waals surface area contributed by atoms with E-state index in [0.29, 0.717) is 34.1 Å². The van der Waals surface area contributed by atoms with Crippen LogP contribution in [0.5, 0.6) is 5.75 Å². The number of rotatable bonds is 9. The van der Waals surface area contributed by atoms with Crippen LogP contribution in [0, 0.1) is 0 Å². The van der Waals surface area contributed by atoms with Crippen molar-refractivity contribution in [2.45, 2.75) is 64.3 Å². The number of nitrogens with zero attached hydrogens (tertiary/aromatic N) is 2. The van der Waals surface area contributed by atoms with Crippen molar-refractivity contribution in [3.8, 4) is 5.75 Å². The summed E-state index contributed by atoms with van der Waals surface area (Å²) in [5.41, 5.74) is 0.947. The van der Waals surface area contributed by atoms with Crippen LogP contribution in [0.15, 0.2) is 29.2 Å². The third kappa shape index (κ3) is 6.32. The van der Waals surface area contributed by atoms with Crippen molar-refractivity contribution >= 4 is 46.2 Å². The number of carbonyl (C=O) groups is 2. The highest BCUT2D eigenvalue weighted by Gasteiger charge is 2.31. The zero-order chi connectivity index (χ0) is 22.2. The largest absolute Gasteiger partial charge is 0.497 e. The molecule has 1 unspecified atom stereocenters. The first kappa shape index (κ1) is 23.8. The fraction of sp³-hybridized carbons (Fsp3) is 0.542. The van der Waals surface area contributed by atoms with Crippen LogP contribution in [-0.2, 0) is 9.59 Å². The van der Waals surface area contributed by atoms with Gasteiger partial charge in [0.05, 0.1) is 12.0 Å². The predicted molar refractivity (Wildman–Crippen MR) is 131 cm³/mol. The van der Waals surface area contributed by atoms with E-state index in [1.54, 1.807) is 12.0 Å². The van der Waals surface area contributed by atoms with Gasteiger partial charge in [-0.1, -0.05) is 49.5 Å². The summed E-state index contributed by atoms with van der Waals surface area (Å²) in [6.45, 7) is 3.69. The number of ether oxygens (including phenoxy) is 1. The topological polar surface area (TPSA) is 49.9 Å². The van der Waals surface area contributed by atoms with E-state index in [-0.39, 0.29) is 5.91 Å². The maximum atomic E-state index is 12.8. The summed E-state index contributed by atoms with van der Waals surface area (Å²) in [5.74, 6) is 1.05. The van der Waals surface area contributed by atoms with Crippen LogP contribution in [0.25, 0.3) is 6.08 Å². The van der Waals surface area contributed by atoms with Gasteiger partial charge in [0.1, 0.15) is 10.1 Å². The van der Waals surface area contributed by atoms with Crippen LogP contribution in [0.2, 0.25) is 0 Å². The molecule has 2 aliphatic rings. The number of piperidine rings is 1. The van der Waals surface area contributed by atoms with Crippen molar-refractivity contribution in [3.63, 3.8) is 0 Å². The first-order valence-electron chi connectivity index (χ1n) is 11.2. The zero-order valence-electron chi connectivity index (χ0n) is 18.5. The van der Waals surface area contributed by atoms with Gasteiger partial charge >= 0.3 is 0 Å². The van der Waals surface area contributed by atoms with E-state index in [0.717, 1.165) is 56.4 Å². The first-order valence-corrected chi connectivity index (χ1v) is 12.4. The van der Waals surface area contributed by atoms with E-state index >= 15 is 0 Å². The third-order valence-corrected chi connectivity index (χ3v) is 7.36. The molecule has 3 rings (SSSR count). The van der Waals surface area contributed by atoms with Crippen molar-refractivity contribution < 1.29 is 14.3 Å². The number of thioether (sulfide) groups is 1. The molecular weight excluding hydrogens is 428 g/mol. The molecule has 1 aromatic carbocycles. The molecule has 1 aromatic rings. The lowest BCUT2D eigenvalue weighted by atomic mass is 9.99. The number of likely N-dealkylation sites (tertiary alicyclic amines) is 1. The SMILES string of the molecule is CCC1CCCCN1C(=O)CCCCCN1C(=O)/C(=C/c2ccc(OC)cc2)SC1=S. The number of amides is 2. The van der Waals surface area contributed by atoms with Crippen LogP contribution >= 0.6 is 24.0 Å². The Labute approximate surface area is 195 Å². The van der Waals surface area contributed by atoms with Gasteiger partial charge in [0.15, 0.2) is 0 Å². The molecule has 5 nitrogen and oxygen atoms in total. The molecule has 168 valence electrons. The minimum Gasteiger partial charge on any atom is -0.497 e. The van der Waals surface area contributed by atoms with Crippen LogP contribution in [0.4, 0.5) is 0 Å². The highest BCUT2D eigenvalue weighted by atomic mass is 32.2. The van der Waals surface area contributed by atoms with Gasteiger partial charge in [0, 0.05) is 25.6 Å². The molecule has 2 amide bonds. The quantitative estimate of drug-likeness (QED) is 0.286. The third-order valence-electron chi connectivity index (χ3n) is 5.98. The average Bonchev–Trinajstić information content (AvgIpc) is 3.06. The monoisotopic (exact) mass is 460 g/mol. The maximum absolute atomic E-state index is 12.8. The number of unbranched alkanes of at least 4 members (excludes halogenated alkanes) is 2. The van der Waals surface area contributed by atoms with Crippen molar-refractivity contribution in [1.82, 2.24) is 9.80 Å². The summed E-state index contributed by atoms with van der Waals surface area (Å²) in [7, 11) is 1.63. The fourth-order valence-electron chi connectivity index (χ4n) is 4.16. The first-order chi connectivity index (χ1) is 15.0. The molecule has 0 radical (unpaired) electrons. The second-order valence-electron chi connectivity index (χ2n) is 8.06. The minimum atomic E-state index is -0.0269. The number of methoxy groups -OCH3 is 1. The molecule has 31 heavy (non-hydrogen) atoms. The lowest BCUT2D eigenvalue weighted by molar-refractivity contribution is -0.135. The molecule has 1 atom stereocenters. The van der Waals surface area contributed by atoms with E-state index in [9.17, 15) is 9.59 Å². The zero-order valence-corrected chi connectivity index (χ0v) is 20.1.